The van der Waals surface area contributed by atoms with E-state index in [1.165, 1.54) is 5.56 Å². The average molecular weight is 870 g/mol. The molecule has 0 radical (unpaired) electrons. The van der Waals surface area contributed by atoms with Gasteiger partial charge in [0.05, 0.1) is 22.1 Å². The second kappa shape index (κ2) is 16.0. The predicted octanol–water partition coefficient (Wildman–Crippen LogP) is 13.9. The lowest BCUT2D eigenvalue weighted by Gasteiger charge is -2.42. The lowest BCUT2D eigenvalue weighted by atomic mass is 9.63. The van der Waals surface area contributed by atoms with Crippen molar-refractivity contribution in [2.24, 2.45) is 0 Å². The van der Waals surface area contributed by atoms with Gasteiger partial charge < -0.3 is 4.57 Å². The molecule has 0 atom stereocenters. The predicted molar refractivity (Wildman–Crippen MR) is 272 cm³/mol. The van der Waals surface area contributed by atoms with E-state index < -0.39 is 5.41 Å². The molecule has 0 aliphatic carbocycles. The first-order chi connectivity index (χ1) is 33.7. The minimum Gasteiger partial charge on any atom is -0.309 e. The van der Waals surface area contributed by atoms with Crippen molar-refractivity contribution in [2.45, 2.75) is 5.41 Å². The summed E-state index contributed by atoms with van der Waals surface area (Å²) in [5, 5.41) is 2.11. The average Bonchev–Trinajstić information content (AvgIpc) is 3.76. The van der Waals surface area contributed by atoms with Gasteiger partial charge in [-0.3, -0.25) is 0 Å². The van der Waals surface area contributed by atoms with E-state index in [-0.39, 0.29) is 0 Å². The normalized spacial score (nSPS) is 12.5. The molecule has 12 aromatic rings. The summed E-state index contributed by atoms with van der Waals surface area (Å²) < 4.78 is 2.45. The molecule has 0 fully saturated rings. The highest BCUT2D eigenvalue weighted by atomic mass is 15.1. The lowest BCUT2D eigenvalue weighted by Crippen LogP contribution is -2.35. The molecular formula is C61H39N7. The van der Waals surface area contributed by atoms with Gasteiger partial charge in [0.15, 0.2) is 34.9 Å². The third-order valence-corrected chi connectivity index (χ3v) is 13.1. The van der Waals surface area contributed by atoms with Crippen LogP contribution in [-0.4, -0.2) is 34.5 Å². The maximum atomic E-state index is 5.31. The van der Waals surface area contributed by atoms with E-state index in [0.717, 1.165) is 77.6 Å². The summed E-state index contributed by atoms with van der Waals surface area (Å²) >= 11 is 0. The fraction of sp³-hybridized carbons (Fsp3) is 0.0164. The van der Waals surface area contributed by atoms with Gasteiger partial charge in [-0.25, -0.2) is 29.9 Å². The fourth-order valence-electron chi connectivity index (χ4n) is 10.1. The number of rotatable bonds is 8. The van der Waals surface area contributed by atoms with Gasteiger partial charge in [0.25, 0.3) is 0 Å². The number of benzene rings is 9. The third kappa shape index (κ3) is 6.36. The molecular weight excluding hydrogens is 831 g/mol. The van der Waals surface area contributed by atoms with Gasteiger partial charge in [0.2, 0.25) is 0 Å². The quantitative estimate of drug-likeness (QED) is 0.151. The summed E-state index contributed by atoms with van der Waals surface area (Å²) in [7, 11) is 0. The monoisotopic (exact) mass is 869 g/mol. The molecule has 0 amide bonds. The molecule has 13 rings (SSSR count). The zero-order valence-electron chi connectivity index (χ0n) is 36.6. The first-order valence-corrected chi connectivity index (χ1v) is 22.8. The molecule has 0 bridgehead atoms. The van der Waals surface area contributed by atoms with E-state index >= 15 is 0 Å². The second-order valence-electron chi connectivity index (χ2n) is 17.1. The van der Waals surface area contributed by atoms with E-state index in [1.807, 2.05) is 97.1 Å². The molecule has 4 heterocycles. The fourth-order valence-corrected chi connectivity index (χ4v) is 10.1. The third-order valence-electron chi connectivity index (χ3n) is 13.1. The minimum absolute atomic E-state index is 0.583. The smallest absolute Gasteiger partial charge is 0.164 e. The molecule has 7 nitrogen and oxygen atoms in total. The number of nitrogens with zero attached hydrogens (tertiary/aromatic N) is 7. The van der Waals surface area contributed by atoms with Crippen molar-refractivity contribution in [1.82, 2.24) is 34.5 Å². The van der Waals surface area contributed by atoms with Crippen LogP contribution in [-0.2, 0) is 5.41 Å². The van der Waals surface area contributed by atoms with Gasteiger partial charge in [-0.15, -0.1) is 0 Å². The van der Waals surface area contributed by atoms with Crippen molar-refractivity contribution in [3.8, 4) is 74.0 Å². The number of aromatic nitrogens is 7. The summed E-state index contributed by atoms with van der Waals surface area (Å²) in [6.07, 6.45) is 0. The van der Waals surface area contributed by atoms with E-state index in [0.29, 0.717) is 34.9 Å². The van der Waals surface area contributed by atoms with Crippen LogP contribution in [0.2, 0.25) is 0 Å². The molecule has 0 spiro atoms. The van der Waals surface area contributed by atoms with Crippen molar-refractivity contribution >= 4 is 21.8 Å². The van der Waals surface area contributed by atoms with E-state index in [2.05, 4.69) is 144 Å². The van der Waals surface area contributed by atoms with Crippen molar-refractivity contribution in [1.29, 1.82) is 0 Å². The summed E-state index contributed by atoms with van der Waals surface area (Å²) in [6, 6.07) is 82.4. The SMILES string of the molecule is c1ccc(-c2nc(-c3ccccc3)nc(-c3ccc4c(c3)c3cc(-c5nc(-c6ccccc6)nc(-c6ccccc6)n5)cc5c3n4-c3ccccc3C5(c3ccccc3)c3ccccc3)n2)cc1. The molecule has 0 saturated heterocycles. The summed E-state index contributed by atoms with van der Waals surface area (Å²) in [5.41, 5.74) is 12.6. The second-order valence-corrected chi connectivity index (χ2v) is 17.1. The van der Waals surface area contributed by atoms with E-state index in [4.69, 9.17) is 29.9 Å². The summed E-state index contributed by atoms with van der Waals surface area (Å²) in [4.78, 5) is 31.0. The molecule has 9 aromatic carbocycles. The highest BCUT2D eigenvalue weighted by molar-refractivity contribution is 6.14. The van der Waals surface area contributed by atoms with Gasteiger partial charge in [0, 0.05) is 44.2 Å². The lowest BCUT2D eigenvalue weighted by molar-refractivity contribution is 0.728. The Balaban J connectivity index is 1.15. The van der Waals surface area contributed by atoms with E-state index in [9.17, 15) is 0 Å². The Morgan fingerprint density at radius 2 is 0.647 bits per heavy atom. The zero-order valence-corrected chi connectivity index (χ0v) is 36.6. The van der Waals surface area contributed by atoms with Crippen molar-refractivity contribution in [2.75, 3.05) is 0 Å². The van der Waals surface area contributed by atoms with Crippen LogP contribution >= 0.6 is 0 Å². The van der Waals surface area contributed by atoms with Crippen LogP contribution in [0.1, 0.15) is 22.3 Å². The maximum absolute atomic E-state index is 5.31. The van der Waals surface area contributed by atoms with Gasteiger partial charge >= 0.3 is 0 Å². The van der Waals surface area contributed by atoms with Crippen LogP contribution in [0.15, 0.2) is 237 Å². The first-order valence-electron chi connectivity index (χ1n) is 22.8. The van der Waals surface area contributed by atoms with Crippen LogP contribution in [0.25, 0.3) is 95.8 Å². The van der Waals surface area contributed by atoms with Gasteiger partial charge in [-0.1, -0.05) is 200 Å². The van der Waals surface area contributed by atoms with Crippen LogP contribution in [0.4, 0.5) is 0 Å². The summed E-state index contributed by atoms with van der Waals surface area (Å²) in [5.74, 6) is 3.61. The Bertz CT molecular complexity index is 3670. The molecule has 3 aromatic heterocycles. The highest BCUT2D eigenvalue weighted by Crippen LogP contribution is 2.55. The highest BCUT2D eigenvalue weighted by Gasteiger charge is 2.45. The van der Waals surface area contributed by atoms with Crippen molar-refractivity contribution < 1.29 is 0 Å². The van der Waals surface area contributed by atoms with Crippen molar-refractivity contribution in [3.63, 3.8) is 0 Å². The molecule has 0 unspecified atom stereocenters. The Morgan fingerprint density at radius 1 is 0.279 bits per heavy atom. The van der Waals surface area contributed by atoms with Gasteiger partial charge in [0.1, 0.15) is 0 Å². The molecule has 0 N–H and O–H groups in total. The number of fused-ring (bicyclic) bond motifs is 5. The molecule has 1 aliphatic rings. The minimum atomic E-state index is -0.735. The Hall–Kier alpha value is -9.20. The summed E-state index contributed by atoms with van der Waals surface area (Å²) in [6.45, 7) is 0. The molecule has 318 valence electrons. The van der Waals surface area contributed by atoms with Crippen LogP contribution in [0.5, 0.6) is 0 Å². The van der Waals surface area contributed by atoms with Gasteiger partial charge in [-0.2, -0.15) is 0 Å². The molecule has 0 saturated carbocycles. The molecule has 1 aliphatic heterocycles. The topological polar surface area (TPSA) is 82.3 Å². The largest absolute Gasteiger partial charge is 0.309 e. The Morgan fingerprint density at radius 3 is 1.10 bits per heavy atom. The Labute approximate surface area is 392 Å². The van der Waals surface area contributed by atoms with Crippen molar-refractivity contribution in [3.05, 3.63) is 259 Å². The number of hydrogen-bond donors (Lipinski definition) is 0. The number of para-hydroxylation sites is 1. The standard InChI is InChI=1S/C61H39N7/c1-7-21-40(22-8-1)55-62-56(41-23-9-2-10-24-41)65-59(64-55)44-35-36-52-48(37-44)49-38-45(60-66-57(42-25-11-3-12-26-42)63-58(67-60)43-27-13-4-14-28-43)39-51-54(49)68(52)53-34-20-19-33-50(53)61(51,46-29-15-5-16-30-46)47-31-17-6-18-32-47/h1-39H. The van der Waals surface area contributed by atoms with E-state index in [1.54, 1.807) is 0 Å². The van der Waals surface area contributed by atoms with Crippen LogP contribution in [0.3, 0.4) is 0 Å². The van der Waals surface area contributed by atoms with Crippen LogP contribution < -0.4 is 0 Å². The zero-order chi connectivity index (χ0) is 45.0. The maximum Gasteiger partial charge on any atom is 0.164 e. The molecule has 68 heavy (non-hydrogen) atoms. The first kappa shape index (κ1) is 39.2. The van der Waals surface area contributed by atoms with Crippen LogP contribution in [0, 0.1) is 0 Å². The number of hydrogen-bond acceptors (Lipinski definition) is 6. The van der Waals surface area contributed by atoms with Gasteiger partial charge in [-0.05, 0) is 58.7 Å². The molecule has 7 heteroatoms. The Kier molecular flexibility index (Phi) is 9.25.